The molecule has 0 unspecified atom stereocenters. The van der Waals surface area contributed by atoms with Crippen molar-refractivity contribution in [2.24, 2.45) is 0 Å². The molecule has 3 atom stereocenters. The molecule has 2 rings (SSSR count). The minimum absolute atomic E-state index is 0.132. The molecular formula is C34H49N5O7S. The van der Waals surface area contributed by atoms with E-state index in [1.54, 1.807) is 24.3 Å². The number of thioether (sulfide) groups is 1. The monoisotopic (exact) mass is 671 g/mol. The van der Waals surface area contributed by atoms with Crippen molar-refractivity contribution in [1.82, 2.24) is 26.6 Å². The molecule has 6 N–H and O–H groups in total. The van der Waals surface area contributed by atoms with Crippen LogP contribution in [0, 0.1) is 0 Å². The highest BCUT2D eigenvalue weighted by atomic mass is 32.2. The van der Waals surface area contributed by atoms with Gasteiger partial charge in [-0.2, -0.15) is 11.8 Å². The molecule has 0 aliphatic heterocycles. The molecule has 0 heterocycles. The van der Waals surface area contributed by atoms with E-state index in [-0.39, 0.29) is 36.5 Å². The summed E-state index contributed by atoms with van der Waals surface area (Å²) in [5.41, 5.74) is 1.70. The Labute approximate surface area is 281 Å². The van der Waals surface area contributed by atoms with Crippen molar-refractivity contribution in [3.05, 3.63) is 65.7 Å². The third kappa shape index (κ3) is 15.8. The summed E-state index contributed by atoms with van der Waals surface area (Å²) in [6, 6.07) is 13.5. The summed E-state index contributed by atoms with van der Waals surface area (Å²) in [7, 11) is 1.35. The lowest BCUT2D eigenvalue weighted by Crippen LogP contribution is -2.55. The number of likely N-dealkylation sites (N-methyl/N-ethyl adjacent to an activating group) is 1. The van der Waals surface area contributed by atoms with Crippen molar-refractivity contribution in [2.75, 3.05) is 38.8 Å². The van der Waals surface area contributed by atoms with Gasteiger partial charge in [0.1, 0.15) is 17.8 Å². The van der Waals surface area contributed by atoms with Gasteiger partial charge in [-0.1, -0.05) is 55.8 Å². The fourth-order valence-corrected chi connectivity index (χ4v) is 5.22. The first-order valence-electron chi connectivity index (χ1n) is 15.9. The van der Waals surface area contributed by atoms with Crippen LogP contribution in [-0.2, 0) is 41.6 Å². The van der Waals surface area contributed by atoms with Gasteiger partial charge in [-0.05, 0) is 67.5 Å². The molecule has 0 fully saturated rings. The first-order valence-corrected chi connectivity index (χ1v) is 17.3. The lowest BCUT2D eigenvalue weighted by Gasteiger charge is -2.23. The van der Waals surface area contributed by atoms with Crippen LogP contribution in [0.5, 0.6) is 5.75 Å². The van der Waals surface area contributed by atoms with Crippen LogP contribution in [0.4, 0.5) is 0 Å². The summed E-state index contributed by atoms with van der Waals surface area (Å²) < 4.78 is 4.64. The van der Waals surface area contributed by atoms with Crippen molar-refractivity contribution in [2.45, 2.75) is 70.0 Å². The van der Waals surface area contributed by atoms with E-state index in [1.165, 1.54) is 18.9 Å². The first-order chi connectivity index (χ1) is 22.7. The average Bonchev–Trinajstić information content (AvgIpc) is 3.07. The molecule has 47 heavy (non-hydrogen) atoms. The summed E-state index contributed by atoms with van der Waals surface area (Å²) >= 11 is 1.53. The van der Waals surface area contributed by atoms with Gasteiger partial charge in [-0.3, -0.25) is 24.0 Å². The number of hydrogen-bond donors (Lipinski definition) is 6. The van der Waals surface area contributed by atoms with Gasteiger partial charge >= 0.3 is 5.97 Å². The zero-order valence-corrected chi connectivity index (χ0v) is 28.3. The summed E-state index contributed by atoms with van der Waals surface area (Å²) in [6.45, 7) is 2.42. The molecule has 2 aromatic rings. The Hall–Kier alpha value is -4.10. The minimum atomic E-state index is -0.871. The third-order valence-corrected chi connectivity index (χ3v) is 7.97. The highest BCUT2D eigenvalue weighted by Crippen LogP contribution is 2.12. The van der Waals surface area contributed by atoms with Crippen molar-refractivity contribution in [3.63, 3.8) is 0 Å². The zero-order valence-electron chi connectivity index (χ0n) is 27.5. The maximum absolute atomic E-state index is 13.2. The molecule has 0 radical (unpaired) electrons. The Morgan fingerprint density at radius 3 is 2.11 bits per heavy atom. The molecule has 0 aliphatic carbocycles. The Morgan fingerprint density at radius 1 is 0.787 bits per heavy atom. The number of methoxy groups -OCH3 is 1. The van der Waals surface area contributed by atoms with Gasteiger partial charge in [0, 0.05) is 19.4 Å². The van der Waals surface area contributed by atoms with Crippen molar-refractivity contribution in [1.29, 1.82) is 0 Å². The number of phenolic OH excluding ortho intramolecular Hbond substituents is 1. The second kappa shape index (κ2) is 22.4. The maximum Gasteiger partial charge on any atom is 0.305 e. The van der Waals surface area contributed by atoms with E-state index in [0.29, 0.717) is 50.9 Å². The topological polar surface area (TPSA) is 175 Å². The van der Waals surface area contributed by atoms with E-state index in [2.05, 4.69) is 31.3 Å². The molecule has 4 amide bonds. The molecule has 0 saturated heterocycles. The Morgan fingerprint density at radius 2 is 1.45 bits per heavy atom. The first kappa shape index (κ1) is 39.1. The standard InChI is InChI=1S/C34H49N5O7S/c1-4-35-28(21-25-14-16-26(40)17-15-25)34(45)39-27(18-20-47-3)32(43)37-23-30(41)38-29(22-24-11-7-5-8-12-24)33(44)36-19-10-6-9-13-31(42)46-2/h5,7-8,11-12,14-17,27-29,35,40H,4,6,9-10,13,18-23H2,1-3H3,(H,36,44)(H,37,43)(H,38,41)(H,39,45)/t27-,28+,29+/m1/s1. The maximum atomic E-state index is 13.2. The number of aromatic hydroxyl groups is 1. The minimum Gasteiger partial charge on any atom is -0.508 e. The molecule has 0 saturated carbocycles. The number of phenols is 1. The smallest absolute Gasteiger partial charge is 0.305 e. The van der Waals surface area contributed by atoms with E-state index >= 15 is 0 Å². The molecule has 0 bridgehead atoms. The van der Waals surface area contributed by atoms with Gasteiger partial charge in [0.15, 0.2) is 0 Å². The Balaban J connectivity index is 1.97. The van der Waals surface area contributed by atoms with Crippen LogP contribution in [-0.4, -0.2) is 91.6 Å². The number of amides is 4. The molecule has 13 heteroatoms. The van der Waals surface area contributed by atoms with Gasteiger partial charge < -0.3 is 36.4 Å². The number of benzene rings is 2. The number of unbranched alkanes of at least 4 members (excludes halogenated alkanes) is 2. The van der Waals surface area contributed by atoms with Crippen LogP contribution < -0.4 is 26.6 Å². The average molecular weight is 672 g/mol. The van der Waals surface area contributed by atoms with Crippen LogP contribution in [0.2, 0.25) is 0 Å². The van der Waals surface area contributed by atoms with E-state index in [4.69, 9.17) is 0 Å². The predicted octanol–water partition coefficient (Wildman–Crippen LogP) is 1.84. The van der Waals surface area contributed by atoms with Gasteiger partial charge in [-0.15, -0.1) is 0 Å². The number of nitrogens with one attached hydrogen (secondary N) is 5. The summed E-state index contributed by atoms with van der Waals surface area (Å²) in [5.74, 6) is -1.28. The number of carbonyl (C=O) groups is 5. The zero-order chi connectivity index (χ0) is 34.4. The molecule has 0 aliphatic rings. The fraction of sp³-hybridized carbons (Fsp3) is 0.500. The van der Waals surface area contributed by atoms with E-state index < -0.39 is 29.9 Å². The third-order valence-electron chi connectivity index (χ3n) is 7.33. The normalized spacial score (nSPS) is 12.7. The second-order valence-corrected chi connectivity index (χ2v) is 12.0. The molecular weight excluding hydrogens is 622 g/mol. The molecule has 12 nitrogen and oxygen atoms in total. The SMILES string of the molecule is CCN[C@@H](Cc1ccc(O)cc1)C(=O)N[C@H](CCSC)C(=O)NCC(=O)N[C@@H](Cc1ccccc1)C(=O)NCCCCCC(=O)OC. The number of hydrogen-bond acceptors (Lipinski definition) is 9. The van der Waals surface area contributed by atoms with Crippen LogP contribution in [0.1, 0.15) is 50.2 Å². The molecule has 0 spiro atoms. The van der Waals surface area contributed by atoms with Gasteiger partial charge in [-0.25, -0.2) is 0 Å². The van der Waals surface area contributed by atoms with Gasteiger partial charge in [0.05, 0.1) is 19.7 Å². The Kier molecular flexibility index (Phi) is 18.7. The van der Waals surface area contributed by atoms with Gasteiger partial charge in [0.2, 0.25) is 23.6 Å². The van der Waals surface area contributed by atoms with Gasteiger partial charge in [0.25, 0.3) is 0 Å². The number of esters is 1. The molecule has 258 valence electrons. The largest absolute Gasteiger partial charge is 0.508 e. The van der Waals surface area contributed by atoms with Crippen molar-refractivity contribution >= 4 is 41.4 Å². The van der Waals surface area contributed by atoms with Crippen molar-refractivity contribution in [3.8, 4) is 5.75 Å². The van der Waals surface area contributed by atoms with Crippen LogP contribution in [0.25, 0.3) is 0 Å². The molecule has 0 aromatic heterocycles. The fourth-order valence-electron chi connectivity index (χ4n) is 4.75. The Bertz CT molecular complexity index is 1260. The van der Waals surface area contributed by atoms with Crippen LogP contribution >= 0.6 is 11.8 Å². The summed E-state index contributed by atoms with van der Waals surface area (Å²) in [6.07, 6.45) is 5.24. The molecule has 2 aromatic carbocycles. The number of rotatable bonds is 22. The van der Waals surface area contributed by atoms with E-state index in [1.807, 2.05) is 43.5 Å². The lowest BCUT2D eigenvalue weighted by molar-refractivity contribution is -0.140. The summed E-state index contributed by atoms with van der Waals surface area (Å²) in [5, 5.41) is 23.8. The van der Waals surface area contributed by atoms with E-state index in [9.17, 15) is 29.1 Å². The summed E-state index contributed by atoms with van der Waals surface area (Å²) in [4.78, 5) is 63.8. The van der Waals surface area contributed by atoms with Crippen LogP contribution in [0.3, 0.4) is 0 Å². The second-order valence-electron chi connectivity index (χ2n) is 11.0. The lowest BCUT2D eigenvalue weighted by atomic mass is 10.0. The quantitative estimate of drug-likeness (QED) is 0.0806. The predicted molar refractivity (Wildman–Crippen MR) is 183 cm³/mol. The van der Waals surface area contributed by atoms with Crippen molar-refractivity contribution < 1.29 is 33.8 Å². The van der Waals surface area contributed by atoms with Crippen LogP contribution in [0.15, 0.2) is 54.6 Å². The number of carbonyl (C=O) groups excluding carboxylic acids is 5. The number of ether oxygens (including phenoxy) is 1. The highest BCUT2D eigenvalue weighted by Gasteiger charge is 2.26. The van der Waals surface area contributed by atoms with E-state index in [0.717, 1.165) is 17.5 Å². The highest BCUT2D eigenvalue weighted by molar-refractivity contribution is 7.98.